The van der Waals surface area contributed by atoms with E-state index in [1.165, 1.54) is 0 Å². The van der Waals surface area contributed by atoms with Crippen molar-refractivity contribution in [2.75, 3.05) is 19.0 Å². The maximum Gasteiger partial charge on any atom is 0.0855 e. The SMILES string of the molecule is COCC(C)Nc1ccc([C](C)Br)nc1. The molecule has 1 heterocycles. The first-order valence-electron chi connectivity index (χ1n) is 4.84. The van der Waals surface area contributed by atoms with Crippen LogP contribution in [0.5, 0.6) is 0 Å². The molecule has 1 rings (SSSR count). The molecule has 0 aliphatic rings. The van der Waals surface area contributed by atoms with E-state index in [2.05, 4.69) is 33.2 Å². The van der Waals surface area contributed by atoms with Crippen LogP contribution in [0.25, 0.3) is 0 Å². The molecular formula is C11H16BrN2O. The van der Waals surface area contributed by atoms with E-state index < -0.39 is 0 Å². The van der Waals surface area contributed by atoms with Gasteiger partial charge in [0.25, 0.3) is 0 Å². The summed E-state index contributed by atoms with van der Waals surface area (Å²) in [6.07, 6.45) is 1.83. The van der Waals surface area contributed by atoms with Crippen LogP contribution in [0.4, 0.5) is 5.69 Å². The van der Waals surface area contributed by atoms with Gasteiger partial charge in [-0.25, -0.2) is 0 Å². The predicted octanol–water partition coefficient (Wildman–Crippen LogP) is 2.82. The molecule has 0 amide bonds. The molecule has 0 aliphatic heterocycles. The average molecular weight is 272 g/mol. The molecule has 0 bridgehead atoms. The fourth-order valence-corrected chi connectivity index (χ4v) is 1.49. The highest BCUT2D eigenvalue weighted by atomic mass is 79.9. The highest BCUT2D eigenvalue weighted by Gasteiger charge is 2.04. The van der Waals surface area contributed by atoms with Crippen molar-refractivity contribution in [3.8, 4) is 0 Å². The summed E-state index contributed by atoms with van der Waals surface area (Å²) in [5.74, 6) is 0. The van der Waals surface area contributed by atoms with Gasteiger partial charge in [-0.05, 0) is 26.0 Å². The van der Waals surface area contributed by atoms with Crippen molar-refractivity contribution >= 4 is 21.6 Å². The van der Waals surface area contributed by atoms with Crippen molar-refractivity contribution in [1.82, 2.24) is 4.98 Å². The Morgan fingerprint density at radius 1 is 1.60 bits per heavy atom. The Labute approximate surface area is 99.4 Å². The second kappa shape index (κ2) is 6.08. The fourth-order valence-electron chi connectivity index (χ4n) is 1.26. The molecule has 0 aliphatic carbocycles. The molecule has 0 aromatic carbocycles. The van der Waals surface area contributed by atoms with E-state index in [1.807, 2.05) is 25.3 Å². The van der Waals surface area contributed by atoms with Gasteiger partial charge in [0.2, 0.25) is 0 Å². The Bertz CT molecular complexity index is 287. The minimum atomic E-state index is 0.289. The predicted molar refractivity (Wildman–Crippen MR) is 66.1 cm³/mol. The Balaban J connectivity index is 2.56. The maximum atomic E-state index is 5.04. The molecule has 1 N–H and O–H groups in total. The van der Waals surface area contributed by atoms with Gasteiger partial charge in [-0.2, -0.15) is 0 Å². The molecule has 0 fully saturated rings. The van der Waals surface area contributed by atoms with Crippen molar-refractivity contribution in [2.24, 2.45) is 0 Å². The molecule has 0 spiro atoms. The van der Waals surface area contributed by atoms with Crippen molar-refractivity contribution in [3.05, 3.63) is 28.9 Å². The quantitative estimate of drug-likeness (QED) is 0.895. The number of ether oxygens (including phenoxy) is 1. The minimum absolute atomic E-state index is 0.289. The van der Waals surface area contributed by atoms with Crippen molar-refractivity contribution in [3.63, 3.8) is 0 Å². The van der Waals surface area contributed by atoms with Crippen LogP contribution in [0, 0.1) is 4.83 Å². The van der Waals surface area contributed by atoms with Gasteiger partial charge in [0.1, 0.15) is 0 Å². The molecule has 83 valence electrons. The van der Waals surface area contributed by atoms with Gasteiger partial charge in [0, 0.05) is 13.2 Å². The zero-order chi connectivity index (χ0) is 11.3. The van der Waals surface area contributed by atoms with Crippen LogP contribution in [0.1, 0.15) is 19.5 Å². The van der Waals surface area contributed by atoms with Crippen LogP contribution >= 0.6 is 15.9 Å². The van der Waals surface area contributed by atoms with E-state index in [4.69, 9.17) is 4.74 Å². The van der Waals surface area contributed by atoms with Crippen LogP contribution in [0.3, 0.4) is 0 Å². The third kappa shape index (κ3) is 4.18. The van der Waals surface area contributed by atoms with Crippen molar-refractivity contribution in [1.29, 1.82) is 0 Å². The number of pyridine rings is 1. The zero-order valence-corrected chi connectivity index (χ0v) is 10.8. The van der Waals surface area contributed by atoms with Crippen LogP contribution < -0.4 is 5.32 Å². The number of aromatic nitrogens is 1. The number of anilines is 1. The lowest BCUT2D eigenvalue weighted by Crippen LogP contribution is -2.20. The molecule has 4 heteroatoms. The molecule has 1 aromatic rings. The van der Waals surface area contributed by atoms with Gasteiger partial charge in [-0.3, -0.25) is 4.98 Å². The van der Waals surface area contributed by atoms with Gasteiger partial charge < -0.3 is 10.1 Å². The van der Waals surface area contributed by atoms with E-state index >= 15 is 0 Å². The molecule has 1 atom stereocenters. The van der Waals surface area contributed by atoms with Gasteiger partial charge in [-0.1, -0.05) is 15.9 Å². The largest absolute Gasteiger partial charge is 0.383 e. The smallest absolute Gasteiger partial charge is 0.0855 e. The summed E-state index contributed by atoms with van der Waals surface area (Å²) in [6, 6.07) is 4.28. The zero-order valence-electron chi connectivity index (χ0n) is 9.25. The number of nitrogens with zero attached hydrogens (tertiary/aromatic N) is 1. The highest BCUT2D eigenvalue weighted by Crippen LogP contribution is 2.19. The molecule has 1 radical (unpaired) electrons. The lowest BCUT2D eigenvalue weighted by atomic mass is 10.2. The van der Waals surface area contributed by atoms with Crippen LogP contribution in [-0.4, -0.2) is 24.7 Å². The lowest BCUT2D eigenvalue weighted by Gasteiger charge is -2.14. The van der Waals surface area contributed by atoms with E-state index in [0.29, 0.717) is 6.61 Å². The maximum absolute atomic E-state index is 5.04. The summed E-state index contributed by atoms with van der Waals surface area (Å²) >= 11 is 3.40. The number of nitrogens with one attached hydrogen (secondary N) is 1. The lowest BCUT2D eigenvalue weighted by molar-refractivity contribution is 0.190. The second-order valence-corrected chi connectivity index (χ2v) is 4.66. The first-order valence-corrected chi connectivity index (χ1v) is 5.63. The van der Waals surface area contributed by atoms with Crippen molar-refractivity contribution in [2.45, 2.75) is 19.9 Å². The average Bonchev–Trinajstić information content (AvgIpc) is 2.18. The first kappa shape index (κ1) is 12.5. The number of halogens is 1. The summed E-state index contributed by atoms with van der Waals surface area (Å²) in [7, 11) is 1.70. The molecule has 1 unspecified atom stereocenters. The first-order chi connectivity index (χ1) is 7.13. The number of rotatable bonds is 5. The summed E-state index contributed by atoms with van der Waals surface area (Å²) in [6.45, 7) is 4.73. The van der Waals surface area contributed by atoms with Gasteiger partial charge >= 0.3 is 0 Å². The van der Waals surface area contributed by atoms with Crippen LogP contribution in [0.15, 0.2) is 18.3 Å². The highest BCUT2D eigenvalue weighted by molar-refractivity contribution is 9.11. The summed E-state index contributed by atoms with van der Waals surface area (Å²) in [4.78, 5) is 5.34. The van der Waals surface area contributed by atoms with E-state index in [-0.39, 0.29) is 6.04 Å². The summed E-state index contributed by atoms with van der Waals surface area (Å²) in [5.41, 5.74) is 1.97. The standard InChI is InChI=1S/C11H16BrN2O/c1-8(7-15-3)14-10-4-5-11(9(2)12)13-6-10/h4-6,8,14H,7H2,1-3H3. The molecule has 0 saturated carbocycles. The van der Waals surface area contributed by atoms with Crippen molar-refractivity contribution < 1.29 is 4.74 Å². The Kier molecular flexibility index (Phi) is 5.05. The fraction of sp³-hybridized carbons (Fsp3) is 0.455. The number of hydrogen-bond donors (Lipinski definition) is 1. The molecule has 15 heavy (non-hydrogen) atoms. The Hall–Kier alpha value is -0.610. The van der Waals surface area contributed by atoms with E-state index in [0.717, 1.165) is 16.2 Å². The van der Waals surface area contributed by atoms with E-state index in [1.54, 1.807) is 7.11 Å². The number of methoxy groups -OCH3 is 1. The number of hydrogen-bond acceptors (Lipinski definition) is 3. The molecule has 1 aromatic heterocycles. The monoisotopic (exact) mass is 271 g/mol. The topological polar surface area (TPSA) is 34.1 Å². The summed E-state index contributed by atoms with van der Waals surface area (Å²) in [5, 5.41) is 3.30. The molecule has 0 saturated heterocycles. The van der Waals surface area contributed by atoms with Crippen LogP contribution in [-0.2, 0) is 4.74 Å². The third-order valence-electron chi connectivity index (χ3n) is 1.95. The minimum Gasteiger partial charge on any atom is -0.383 e. The normalized spacial score (nSPS) is 12.9. The van der Waals surface area contributed by atoms with Gasteiger partial charge in [-0.15, -0.1) is 0 Å². The third-order valence-corrected chi connectivity index (χ3v) is 2.35. The second-order valence-electron chi connectivity index (χ2n) is 3.47. The van der Waals surface area contributed by atoms with Gasteiger partial charge in [0.05, 0.1) is 29.0 Å². The van der Waals surface area contributed by atoms with E-state index in [9.17, 15) is 0 Å². The molecule has 3 nitrogen and oxygen atoms in total. The van der Waals surface area contributed by atoms with Gasteiger partial charge in [0.15, 0.2) is 0 Å². The Morgan fingerprint density at radius 2 is 2.33 bits per heavy atom. The Morgan fingerprint density at radius 3 is 2.80 bits per heavy atom. The van der Waals surface area contributed by atoms with Crippen LogP contribution in [0.2, 0.25) is 0 Å². The summed E-state index contributed by atoms with van der Waals surface area (Å²) < 4.78 is 5.04. The molecular weight excluding hydrogens is 256 g/mol.